The van der Waals surface area contributed by atoms with Crippen molar-refractivity contribution in [2.45, 2.75) is 64.5 Å². The van der Waals surface area contributed by atoms with E-state index in [1.807, 2.05) is 6.92 Å². The summed E-state index contributed by atoms with van der Waals surface area (Å²) in [7, 11) is 0. The van der Waals surface area contributed by atoms with Crippen molar-refractivity contribution in [1.29, 1.82) is 5.26 Å². The summed E-state index contributed by atoms with van der Waals surface area (Å²) in [5.74, 6) is 0.370. The van der Waals surface area contributed by atoms with Gasteiger partial charge in [-0.2, -0.15) is 5.26 Å². The maximum atomic E-state index is 9.17. The molecule has 0 spiro atoms. The maximum absolute atomic E-state index is 9.17. The van der Waals surface area contributed by atoms with Gasteiger partial charge in [-0.1, -0.05) is 33.1 Å². The fourth-order valence-electron chi connectivity index (χ4n) is 2.00. The molecule has 80 valence electrons. The molecular formula is C12H22N2. The van der Waals surface area contributed by atoms with Gasteiger partial charge in [-0.3, -0.25) is 5.32 Å². The van der Waals surface area contributed by atoms with Gasteiger partial charge in [-0.15, -0.1) is 0 Å². The zero-order valence-corrected chi connectivity index (χ0v) is 9.64. The zero-order valence-electron chi connectivity index (χ0n) is 9.64. The van der Waals surface area contributed by atoms with Gasteiger partial charge >= 0.3 is 0 Å². The lowest BCUT2D eigenvalue weighted by atomic mass is 9.86. The molecule has 1 unspecified atom stereocenters. The monoisotopic (exact) mass is 194 g/mol. The summed E-state index contributed by atoms with van der Waals surface area (Å²) in [5.41, 5.74) is -0.345. The van der Waals surface area contributed by atoms with Gasteiger partial charge in [0.1, 0.15) is 5.54 Å². The molecule has 0 aliphatic heterocycles. The minimum absolute atomic E-state index is 0.345. The van der Waals surface area contributed by atoms with Crippen molar-refractivity contribution in [1.82, 2.24) is 5.32 Å². The van der Waals surface area contributed by atoms with Crippen LogP contribution in [0.25, 0.3) is 0 Å². The highest BCUT2D eigenvalue weighted by molar-refractivity contribution is 5.07. The van der Waals surface area contributed by atoms with E-state index < -0.39 is 0 Å². The molecular weight excluding hydrogens is 172 g/mol. The summed E-state index contributed by atoms with van der Waals surface area (Å²) < 4.78 is 0. The van der Waals surface area contributed by atoms with Gasteiger partial charge < -0.3 is 0 Å². The van der Waals surface area contributed by atoms with Crippen LogP contribution >= 0.6 is 0 Å². The van der Waals surface area contributed by atoms with E-state index in [4.69, 9.17) is 0 Å². The largest absolute Gasteiger partial charge is 0.297 e. The molecule has 2 heteroatoms. The fraction of sp³-hybridized carbons (Fsp3) is 0.917. The molecule has 1 aliphatic rings. The third-order valence-corrected chi connectivity index (χ3v) is 3.50. The second-order valence-electron chi connectivity index (χ2n) is 4.95. The van der Waals surface area contributed by atoms with E-state index in [0.717, 1.165) is 0 Å². The van der Waals surface area contributed by atoms with E-state index in [1.54, 1.807) is 0 Å². The predicted octanol–water partition coefficient (Wildman–Crippen LogP) is 2.85. The lowest BCUT2D eigenvalue weighted by Gasteiger charge is -2.34. The molecule has 1 fully saturated rings. The summed E-state index contributed by atoms with van der Waals surface area (Å²) in [4.78, 5) is 0. The average molecular weight is 194 g/mol. The van der Waals surface area contributed by atoms with Gasteiger partial charge in [0.15, 0.2) is 0 Å². The van der Waals surface area contributed by atoms with Crippen LogP contribution < -0.4 is 5.32 Å². The molecule has 0 aromatic heterocycles. The molecule has 1 rings (SSSR count). The van der Waals surface area contributed by atoms with Gasteiger partial charge in [-0.05, 0) is 25.7 Å². The van der Waals surface area contributed by atoms with E-state index in [1.165, 1.54) is 32.1 Å². The van der Waals surface area contributed by atoms with Crippen LogP contribution in [0.2, 0.25) is 0 Å². The highest BCUT2D eigenvalue weighted by Gasteiger charge is 2.30. The quantitative estimate of drug-likeness (QED) is 0.750. The number of nitriles is 1. The van der Waals surface area contributed by atoms with Crippen LogP contribution in [0, 0.1) is 17.2 Å². The van der Waals surface area contributed by atoms with Crippen molar-refractivity contribution >= 4 is 0 Å². The first kappa shape index (κ1) is 11.5. The first-order valence-corrected chi connectivity index (χ1v) is 5.77. The van der Waals surface area contributed by atoms with E-state index in [9.17, 15) is 5.26 Å². The first-order chi connectivity index (χ1) is 6.58. The Labute approximate surface area is 87.7 Å². The van der Waals surface area contributed by atoms with Gasteiger partial charge in [0.05, 0.1) is 6.07 Å². The molecule has 0 aromatic rings. The molecule has 1 saturated carbocycles. The van der Waals surface area contributed by atoms with Crippen LogP contribution in [0.3, 0.4) is 0 Å². The molecule has 0 saturated heterocycles. The molecule has 0 bridgehead atoms. The molecule has 1 aliphatic carbocycles. The van der Waals surface area contributed by atoms with Crippen LogP contribution in [-0.2, 0) is 0 Å². The Bertz CT molecular complexity index is 211. The fourth-order valence-corrected chi connectivity index (χ4v) is 2.00. The number of hydrogen-bond acceptors (Lipinski definition) is 2. The van der Waals surface area contributed by atoms with Crippen LogP contribution in [0.1, 0.15) is 52.9 Å². The molecule has 2 nitrogen and oxygen atoms in total. The summed E-state index contributed by atoms with van der Waals surface area (Å²) in [6, 6.07) is 2.98. The van der Waals surface area contributed by atoms with Crippen molar-refractivity contribution in [3.63, 3.8) is 0 Å². The standard InChI is InChI=1S/C12H22N2/c1-10(2)12(3,9-13)14-11-7-5-4-6-8-11/h10-11,14H,4-8H2,1-3H3. The average Bonchev–Trinajstić information content (AvgIpc) is 2.19. The maximum Gasteiger partial charge on any atom is 0.106 e. The van der Waals surface area contributed by atoms with Crippen LogP contribution in [0.5, 0.6) is 0 Å². The highest BCUT2D eigenvalue weighted by atomic mass is 15.0. The summed E-state index contributed by atoms with van der Waals surface area (Å²) in [6.45, 7) is 6.24. The minimum atomic E-state index is -0.345. The van der Waals surface area contributed by atoms with Crippen molar-refractivity contribution in [3.05, 3.63) is 0 Å². The van der Waals surface area contributed by atoms with Crippen molar-refractivity contribution < 1.29 is 0 Å². The van der Waals surface area contributed by atoms with Gasteiger partial charge in [0.2, 0.25) is 0 Å². The smallest absolute Gasteiger partial charge is 0.106 e. The lowest BCUT2D eigenvalue weighted by Crippen LogP contribution is -2.51. The van der Waals surface area contributed by atoms with E-state index in [-0.39, 0.29) is 5.54 Å². The Morgan fingerprint density at radius 2 is 1.86 bits per heavy atom. The van der Waals surface area contributed by atoms with Crippen molar-refractivity contribution in [2.24, 2.45) is 5.92 Å². The second-order valence-corrected chi connectivity index (χ2v) is 4.95. The topological polar surface area (TPSA) is 35.8 Å². The Balaban J connectivity index is 2.51. The highest BCUT2D eigenvalue weighted by Crippen LogP contribution is 2.23. The van der Waals surface area contributed by atoms with Crippen LogP contribution in [-0.4, -0.2) is 11.6 Å². The number of nitrogens with one attached hydrogen (secondary N) is 1. The molecule has 1 N–H and O–H groups in total. The van der Waals surface area contributed by atoms with Crippen molar-refractivity contribution in [2.75, 3.05) is 0 Å². The van der Waals surface area contributed by atoms with E-state index >= 15 is 0 Å². The number of hydrogen-bond donors (Lipinski definition) is 1. The minimum Gasteiger partial charge on any atom is -0.297 e. The lowest BCUT2D eigenvalue weighted by molar-refractivity contribution is 0.258. The van der Waals surface area contributed by atoms with E-state index in [2.05, 4.69) is 25.2 Å². The number of rotatable bonds is 3. The summed E-state index contributed by atoms with van der Waals surface area (Å²) >= 11 is 0. The molecule has 0 heterocycles. The predicted molar refractivity (Wildman–Crippen MR) is 58.9 cm³/mol. The molecule has 0 aromatic carbocycles. The normalized spacial score (nSPS) is 23.1. The third kappa shape index (κ3) is 2.72. The number of nitrogens with zero attached hydrogens (tertiary/aromatic N) is 1. The first-order valence-electron chi connectivity index (χ1n) is 5.77. The van der Waals surface area contributed by atoms with Gasteiger partial charge in [0.25, 0.3) is 0 Å². The zero-order chi connectivity index (χ0) is 10.6. The van der Waals surface area contributed by atoms with E-state index in [0.29, 0.717) is 12.0 Å². The van der Waals surface area contributed by atoms with Crippen LogP contribution in [0.15, 0.2) is 0 Å². The molecule has 14 heavy (non-hydrogen) atoms. The second kappa shape index (κ2) is 4.79. The van der Waals surface area contributed by atoms with Gasteiger partial charge in [0, 0.05) is 6.04 Å². The molecule has 0 radical (unpaired) electrons. The summed E-state index contributed by atoms with van der Waals surface area (Å²) in [6.07, 6.45) is 6.48. The van der Waals surface area contributed by atoms with Crippen molar-refractivity contribution in [3.8, 4) is 6.07 Å². The third-order valence-electron chi connectivity index (χ3n) is 3.50. The Hall–Kier alpha value is -0.550. The Kier molecular flexibility index (Phi) is 3.95. The SMILES string of the molecule is CC(C)C(C)(C#N)NC1CCCCC1. The molecule has 0 amide bonds. The Morgan fingerprint density at radius 1 is 1.29 bits per heavy atom. The molecule has 1 atom stereocenters. The van der Waals surface area contributed by atoms with Gasteiger partial charge in [-0.25, -0.2) is 0 Å². The van der Waals surface area contributed by atoms with Crippen LogP contribution in [0.4, 0.5) is 0 Å². The summed E-state index contributed by atoms with van der Waals surface area (Å²) in [5, 5.41) is 12.7. The Morgan fingerprint density at radius 3 is 2.29 bits per heavy atom.